The molecule has 1 fully saturated rings. The average Bonchev–Trinajstić information content (AvgIpc) is 2.72. The molecule has 0 saturated heterocycles. The molecule has 0 heterocycles. The highest BCUT2D eigenvalue weighted by molar-refractivity contribution is 7.98. The summed E-state index contributed by atoms with van der Waals surface area (Å²) in [6, 6.07) is 10.2. The summed E-state index contributed by atoms with van der Waals surface area (Å²) in [5.74, 6) is 0.970. The molecule has 0 bridgehead atoms. The van der Waals surface area contributed by atoms with Crippen LogP contribution in [0.25, 0.3) is 0 Å². The first-order valence-corrected chi connectivity index (χ1v) is 9.35. The van der Waals surface area contributed by atoms with Crippen LogP contribution in [-0.4, -0.2) is 12.3 Å². The molecule has 1 aromatic carbocycles. The Morgan fingerprint density at radius 3 is 2.55 bits per heavy atom. The zero-order valence-corrected chi connectivity index (χ0v) is 14.0. The molecule has 3 atom stereocenters. The van der Waals surface area contributed by atoms with E-state index < -0.39 is 0 Å². The molecule has 0 aromatic heterocycles. The van der Waals surface area contributed by atoms with Crippen LogP contribution in [0.4, 0.5) is 0 Å². The SMILES string of the molecule is CCC1CCCC(NC(C)c2ccc(SC)cc2)CC1. The summed E-state index contributed by atoms with van der Waals surface area (Å²) in [6.45, 7) is 4.64. The van der Waals surface area contributed by atoms with Crippen molar-refractivity contribution in [1.82, 2.24) is 5.32 Å². The van der Waals surface area contributed by atoms with Gasteiger partial charge < -0.3 is 5.32 Å². The van der Waals surface area contributed by atoms with Gasteiger partial charge in [0.05, 0.1) is 0 Å². The van der Waals surface area contributed by atoms with Gasteiger partial charge in [-0.2, -0.15) is 0 Å². The van der Waals surface area contributed by atoms with E-state index in [0.29, 0.717) is 12.1 Å². The molecule has 1 aliphatic rings. The van der Waals surface area contributed by atoms with Gasteiger partial charge in [-0.15, -0.1) is 11.8 Å². The first kappa shape index (κ1) is 15.9. The summed E-state index contributed by atoms with van der Waals surface area (Å²) in [4.78, 5) is 1.35. The van der Waals surface area contributed by atoms with Gasteiger partial charge in [0.15, 0.2) is 0 Å². The fourth-order valence-electron chi connectivity index (χ4n) is 3.30. The van der Waals surface area contributed by atoms with E-state index >= 15 is 0 Å². The number of rotatable bonds is 5. The highest BCUT2D eigenvalue weighted by Crippen LogP contribution is 2.27. The summed E-state index contributed by atoms with van der Waals surface area (Å²) in [7, 11) is 0. The Morgan fingerprint density at radius 2 is 1.90 bits per heavy atom. The van der Waals surface area contributed by atoms with Crippen LogP contribution < -0.4 is 5.32 Å². The van der Waals surface area contributed by atoms with Gasteiger partial charge >= 0.3 is 0 Å². The molecule has 0 spiro atoms. The predicted molar refractivity (Wildman–Crippen MR) is 90.4 cm³/mol. The monoisotopic (exact) mass is 291 g/mol. The first-order valence-electron chi connectivity index (χ1n) is 8.13. The zero-order valence-electron chi connectivity index (χ0n) is 13.2. The van der Waals surface area contributed by atoms with Crippen molar-refractivity contribution in [3.63, 3.8) is 0 Å². The topological polar surface area (TPSA) is 12.0 Å². The molecule has 1 nitrogen and oxygen atoms in total. The fraction of sp³-hybridized carbons (Fsp3) is 0.667. The van der Waals surface area contributed by atoms with E-state index in [1.165, 1.54) is 49.0 Å². The van der Waals surface area contributed by atoms with Gasteiger partial charge in [0, 0.05) is 17.0 Å². The van der Waals surface area contributed by atoms with E-state index in [-0.39, 0.29) is 0 Å². The van der Waals surface area contributed by atoms with Crippen molar-refractivity contribution in [2.45, 2.75) is 69.4 Å². The lowest BCUT2D eigenvalue weighted by Crippen LogP contribution is -2.31. The van der Waals surface area contributed by atoms with Gasteiger partial charge in [0.2, 0.25) is 0 Å². The maximum Gasteiger partial charge on any atom is 0.0294 e. The quantitative estimate of drug-likeness (QED) is 0.574. The minimum atomic E-state index is 0.467. The number of nitrogens with one attached hydrogen (secondary N) is 1. The number of hydrogen-bond donors (Lipinski definition) is 1. The van der Waals surface area contributed by atoms with E-state index in [9.17, 15) is 0 Å². The van der Waals surface area contributed by atoms with Crippen LogP contribution >= 0.6 is 11.8 Å². The maximum atomic E-state index is 3.85. The molecule has 2 heteroatoms. The first-order chi connectivity index (χ1) is 9.72. The van der Waals surface area contributed by atoms with Crippen LogP contribution in [0.3, 0.4) is 0 Å². The molecule has 1 aromatic rings. The molecule has 0 aliphatic heterocycles. The minimum Gasteiger partial charge on any atom is -0.307 e. The van der Waals surface area contributed by atoms with Crippen LogP contribution in [0, 0.1) is 5.92 Å². The Kier molecular flexibility index (Phi) is 6.44. The summed E-state index contributed by atoms with van der Waals surface area (Å²) in [5, 5.41) is 3.85. The Hall–Kier alpha value is -0.470. The van der Waals surface area contributed by atoms with Gasteiger partial charge in [-0.05, 0) is 56.1 Å². The fourth-order valence-corrected chi connectivity index (χ4v) is 3.70. The highest BCUT2D eigenvalue weighted by atomic mass is 32.2. The zero-order chi connectivity index (χ0) is 14.4. The van der Waals surface area contributed by atoms with Crippen molar-refractivity contribution >= 4 is 11.8 Å². The van der Waals surface area contributed by atoms with E-state index in [4.69, 9.17) is 0 Å². The number of hydrogen-bond acceptors (Lipinski definition) is 2. The lowest BCUT2D eigenvalue weighted by atomic mass is 9.97. The molecular weight excluding hydrogens is 262 g/mol. The van der Waals surface area contributed by atoms with Crippen molar-refractivity contribution < 1.29 is 0 Å². The minimum absolute atomic E-state index is 0.467. The van der Waals surface area contributed by atoms with Crippen LogP contribution in [0.15, 0.2) is 29.2 Å². The molecule has 3 unspecified atom stereocenters. The van der Waals surface area contributed by atoms with Crippen LogP contribution in [-0.2, 0) is 0 Å². The molecule has 0 radical (unpaired) electrons. The molecule has 1 N–H and O–H groups in total. The van der Waals surface area contributed by atoms with Crippen molar-refractivity contribution in [3.05, 3.63) is 29.8 Å². The van der Waals surface area contributed by atoms with Gasteiger partial charge in [-0.3, -0.25) is 0 Å². The molecule has 0 amide bonds. The molecule has 2 rings (SSSR count). The van der Waals surface area contributed by atoms with Gasteiger partial charge in [-0.25, -0.2) is 0 Å². The summed E-state index contributed by atoms with van der Waals surface area (Å²) in [5.41, 5.74) is 1.42. The maximum absolute atomic E-state index is 3.85. The summed E-state index contributed by atoms with van der Waals surface area (Å²) >= 11 is 1.81. The lowest BCUT2D eigenvalue weighted by molar-refractivity contribution is 0.400. The smallest absolute Gasteiger partial charge is 0.0294 e. The van der Waals surface area contributed by atoms with Crippen molar-refractivity contribution in [2.24, 2.45) is 5.92 Å². The third-order valence-corrected chi connectivity index (χ3v) is 5.51. The number of benzene rings is 1. The van der Waals surface area contributed by atoms with E-state index in [1.807, 2.05) is 11.8 Å². The molecular formula is C18H29NS. The van der Waals surface area contributed by atoms with Gasteiger partial charge in [0.25, 0.3) is 0 Å². The van der Waals surface area contributed by atoms with E-state index in [1.54, 1.807) is 0 Å². The summed E-state index contributed by atoms with van der Waals surface area (Å²) < 4.78 is 0. The van der Waals surface area contributed by atoms with Crippen molar-refractivity contribution in [2.75, 3.05) is 6.26 Å². The predicted octanol–water partition coefficient (Wildman–Crippen LogP) is 5.42. The Balaban J connectivity index is 1.88. The standard InChI is InChI=1S/C18H29NS/c1-4-15-6-5-7-17(11-8-15)19-14(2)16-9-12-18(20-3)13-10-16/h9-10,12-15,17,19H,4-8,11H2,1-3H3. The Bertz CT molecular complexity index is 387. The third-order valence-electron chi connectivity index (χ3n) is 4.77. The van der Waals surface area contributed by atoms with Crippen molar-refractivity contribution in [1.29, 1.82) is 0 Å². The second-order valence-electron chi connectivity index (χ2n) is 6.14. The molecule has 112 valence electrons. The molecule has 1 aliphatic carbocycles. The summed E-state index contributed by atoms with van der Waals surface area (Å²) in [6.07, 6.45) is 10.4. The van der Waals surface area contributed by atoms with Crippen LogP contribution in [0.1, 0.15) is 64.0 Å². The molecule has 20 heavy (non-hydrogen) atoms. The Labute approximate surface area is 128 Å². The largest absolute Gasteiger partial charge is 0.307 e. The van der Waals surface area contributed by atoms with Gasteiger partial charge in [0.1, 0.15) is 0 Å². The van der Waals surface area contributed by atoms with E-state index in [2.05, 4.69) is 49.7 Å². The van der Waals surface area contributed by atoms with Gasteiger partial charge in [-0.1, -0.05) is 38.3 Å². The molecule has 1 saturated carbocycles. The highest BCUT2D eigenvalue weighted by Gasteiger charge is 2.19. The second kappa shape index (κ2) is 8.09. The third kappa shape index (κ3) is 4.53. The second-order valence-corrected chi connectivity index (χ2v) is 7.02. The Morgan fingerprint density at radius 1 is 1.15 bits per heavy atom. The van der Waals surface area contributed by atoms with Crippen molar-refractivity contribution in [3.8, 4) is 0 Å². The van der Waals surface area contributed by atoms with E-state index in [0.717, 1.165) is 5.92 Å². The van der Waals surface area contributed by atoms with Crippen LogP contribution in [0.5, 0.6) is 0 Å². The number of thioether (sulfide) groups is 1. The normalized spacial score (nSPS) is 25.1. The van der Waals surface area contributed by atoms with Crippen LogP contribution in [0.2, 0.25) is 0 Å². The average molecular weight is 292 g/mol. The lowest BCUT2D eigenvalue weighted by Gasteiger charge is -2.22.